The molecule has 0 aromatic heterocycles. The number of rotatable bonds is 4. The zero-order chi connectivity index (χ0) is 13.8. The highest BCUT2D eigenvalue weighted by molar-refractivity contribution is 5.67. The topological polar surface area (TPSA) is 3.24 Å². The van der Waals surface area contributed by atoms with Crippen molar-refractivity contribution in [3.63, 3.8) is 0 Å². The van der Waals surface area contributed by atoms with Gasteiger partial charge in [-0.3, -0.25) is 0 Å². The Labute approximate surface area is 116 Å². The molecule has 0 heterocycles. The maximum absolute atomic E-state index is 2.34. The van der Waals surface area contributed by atoms with Crippen molar-refractivity contribution in [3.05, 3.63) is 53.6 Å². The summed E-state index contributed by atoms with van der Waals surface area (Å²) in [5.41, 5.74) is 6.79. The molecule has 0 atom stereocenters. The van der Waals surface area contributed by atoms with Crippen LogP contribution in [0.4, 0.5) is 5.69 Å². The van der Waals surface area contributed by atoms with Gasteiger partial charge in [0.25, 0.3) is 0 Å². The van der Waals surface area contributed by atoms with Gasteiger partial charge in [-0.15, -0.1) is 0 Å². The Morgan fingerprint density at radius 3 is 1.84 bits per heavy atom. The molecule has 0 fully saturated rings. The number of aryl methyl sites for hydroxylation is 2. The van der Waals surface area contributed by atoms with E-state index in [-0.39, 0.29) is 0 Å². The average Bonchev–Trinajstić information content (AvgIpc) is 2.46. The molecule has 1 nitrogen and oxygen atoms in total. The summed E-state index contributed by atoms with van der Waals surface area (Å²) in [6.45, 7) is 4.45. The zero-order valence-electron chi connectivity index (χ0n) is 12.4. The first-order chi connectivity index (χ1) is 9.15. The van der Waals surface area contributed by atoms with Gasteiger partial charge in [-0.05, 0) is 47.2 Å². The van der Waals surface area contributed by atoms with E-state index in [1.165, 1.54) is 27.9 Å². The monoisotopic (exact) mass is 253 g/mol. The van der Waals surface area contributed by atoms with Crippen molar-refractivity contribution in [3.8, 4) is 11.1 Å². The molecule has 1 heteroatoms. The minimum Gasteiger partial charge on any atom is -0.378 e. The summed E-state index contributed by atoms with van der Waals surface area (Å²) in [7, 11) is 4.14. The van der Waals surface area contributed by atoms with Crippen LogP contribution in [0.15, 0.2) is 42.5 Å². The molecule has 2 aromatic carbocycles. The maximum atomic E-state index is 2.34. The minimum atomic E-state index is 1.10. The van der Waals surface area contributed by atoms with E-state index in [4.69, 9.17) is 0 Å². The second-order valence-corrected chi connectivity index (χ2v) is 5.13. The van der Waals surface area contributed by atoms with Crippen molar-refractivity contribution in [2.45, 2.75) is 26.7 Å². The molecule has 2 rings (SSSR count). The quantitative estimate of drug-likeness (QED) is 0.773. The fourth-order valence-corrected chi connectivity index (χ4v) is 2.43. The van der Waals surface area contributed by atoms with Crippen LogP contribution < -0.4 is 4.90 Å². The Kier molecular flexibility index (Phi) is 4.26. The van der Waals surface area contributed by atoms with Crippen molar-refractivity contribution in [2.24, 2.45) is 0 Å². The second-order valence-electron chi connectivity index (χ2n) is 5.13. The fraction of sp³-hybridized carbons (Fsp3) is 0.333. The zero-order valence-corrected chi connectivity index (χ0v) is 12.4. The van der Waals surface area contributed by atoms with Gasteiger partial charge in [0.05, 0.1) is 0 Å². The maximum Gasteiger partial charge on any atom is 0.0361 e. The molecular weight excluding hydrogens is 230 g/mol. The highest BCUT2D eigenvalue weighted by Gasteiger charge is 2.03. The van der Waals surface area contributed by atoms with Crippen LogP contribution in [0.5, 0.6) is 0 Å². The normalized spacial score (nSPS) is 10.5. The molecule has 0 spiro atoms. The Bertz CT molecular complexity index is 538. The van der Waals surface area contributed by atoms with E-state index in [2.05, 4.69) is 75.3 Å². The number of anilines is 1. The van der Waals surface area contributed by atoms with Gasteiger partial charge in [0.15, 0.2) is 0 Å². The third kappa shape index (κ3) is 2.98. The van der Waals surface area contributed by atoms with Crippen LogP contribution in [0.25, 0.3) is 11.1 Å². The van der Waals surface area contributed by atoms with Crippen molar-refractivity contribution in [2.75, 3.05) is 19.0 Å². The Hall–Kier alpha value is -1.76. The van der Waals surface area contributed by atoms with Gasteiger partial charge < -0.3 is 4.90 Å². The summed E-state index contributed by atoms with van der Waals surface area (Å²) in [5.74, 6) is 0. The van der Waals surface area contributed by atoms with Crippen LogP contribution in [0.3, 0.4) is 0 Å². The van der Waals surface area contributed by atoms with Crippen LogP contribution in [-0.4, -0.2) is 14.1 Å². The second kappa shape index (κ2) is 5.92. The van der Waals surface area contributed by atoms with Crippen molar-refractivity contribution in [1.82, 2.24) is 0 Å². The first-order valence-electron chi connectivity index (χ1n) is 7.05. The molecule has 0 amide bonds. The standard InChI is InChI=1S/C18H23N/c1-5-14-7-8-17(13-15(14)6-2)16-9-11-18(12-10-16)19(3)4/h7-13H,5-6H2,1-4H3. The predicted octanol–water partition coefficient (Wildman–Crippen LogP) is 4.54. The van der Waals surface area contributed by atoms with E-state index in [0.717, 1.165) is 12.8 Å². The van der Waals surface area contributed by atoms with Crippen molar-refractivity contribution in [1.29, 1.82) is 0 Å². The molecular formula is C18H23N. The number of nitrogens with zero attached hydrogens (tertiary/aromatic N) is 1. The summed E-state index contributed by atoms with van der Waals surface area (Å²) in [6.07, 6.45) is 2.22. The lowest BCUT2D eigenvalue weighted by Crippen LogP contribution is -2.07. The van der Waals surface area contributed by atoms with E-state index in [1.807, 2.05) is 0 Å². The highest BCUT2D eigenvalue weighted by atomic mass is 15.1. The summed E-state index contributed by atoms with van der Waals surface area (Å²) in [5, 5.41) is 0. The molecule has 0 unspecified atom stereocenters. The molecule has 0 aliphatic rings. The molecule has 0 N–H and O–H groups in total. The van der Waals surface area contributed by atoms with Crippen LogP contribution >= 0.6 is 0 Å². The molecule has 0 saturated heterocycles. The van der Waals surface area contributed by atoms with E-state index in [9.17, 15) is 0 Å². The number of benzene rings is 2. The van der Waals surface area contributed by atoms with Gasteiger partial charge >= 0.3 is 0 Å². The van der Waals surface area contributed by atoms with E-state index in [0.29, 0.717) is 0 Å². The SMILES string of the molecule is CCc1ccc(-c2ccc(N(C)C)cc2)cc1CC. The van der Waals surface area contributed by atoms with Crippen molar-refractivity contribution >= 4 is 5.69 Å². The Balaban J connectivity index is 2.36. The van der Waals surface area contributed by atoms with E-state index < -0.39 is 0 Å². The number of hydrogen-bond donors (Lipinski definition) is 0. The molecule has 0 aliphatic heterocycles. The molecule has 2 aromatic rings. The predicted molar refractivity (Wildman–Crippen MR) is 85.0 cm³/mol. The van der Waals surface area contributed by atoms with Gasteiger partial charge in [-0.1, -0.05) is 44.2 Å². The third-order valence-electron chi connectivity index (χ3n) is 3.69. The first-order valence-corrected chi connectivity index (χ1v) is 7.05. The molecule has 19 heavy (non-hydrogen) atoms. The molecule has 0 aliphatic carbocycles. The number of hydrogen-bond acceptors (Lipinski definition) is 1. The molecule has 100 valence electrons. The third-order valence-corrected chi connectivity index (χ3v) is 3.69. The van der Waals surface area contributed by atoms with Gasteiger partial charge in [-0.25, -0.2) is 0 Å². The molecule has 0 saturated carbocycles. The lowest BCUT2D eigenvalue weighted by atomic mass is 9.96. The van der Waals surface area contributed by atoms with Crippen LogP contribution in [0.1, 0.15) is 25.0 Å². The van der Waals surface area contributed by atoms with E-state index in [1.54, 1.807) is 0 Å². The molecule has 0 bridgehead atoms. The Morgan fingerprint density at radius 1 is 0.737 bits per heavy atom. The summed E-state index contributed by atoms with van der Waals surface area (Å²) >= 11 is 0. The molecule has 0 radical (unpaired) electrons. The summed E-state index contributed by atoms with van der Waals surface area (Å²) in [6, 6.07) is 15.6. The minimum absolute atomic E-state index is 1.10. The van der Waals surface area contributed by atoms with Crippen LogP contribution in [0, 0.1) is 0 Å². The summed E-state index contributed by atoms with van der Waals surface area (Å²) in [4.78, 5) is 2.13. The van der Waals surface area contributed by atoms with Crippen molar-refractivity contribution < 1.29 is 0 Å². The van der Waals surface area contributed by atoms with Gasteiger partial charge in [0.1, 0.15) is 0 Å². The Morgan fingerprint density at radius 2 is 1.32 bits per heavy atom. The van der Waals surface area contributed by atoms with E-state index >= 15 is 0 Å². The van der Waals surface area contributed by atoms with Gasteiger partial charge in [-0.2, -0.15) is 0 Å². The average molecular weight is 253 g/mol. The van der Waals surface area contributed by atoms with Gasteiger partial charge in [0, 0.05) is 19.8 Å². The lowest BCUT2D eigenvalue weighted by molar-refractivity contribution is 1.04. The first kappa shape index (κ1) is 13.7. The van der Waals surface area contributed by atoms with Crippen LogP contribution in [0.2, 0.25) is 0 Å². The highest BCUT2D eigenvalue weighted by Crippen LogP contribution is 2.25. The fourth-order valence-electron chi connectivity index (χ4n) is 2.43. The van der Waals surface area contributed by atoms with Crippen LogP contribution in [-0.2, 0) is 12.8 Å². The largest absolute Gasteiger partial charge is 0.378 e. The lowest BCUT2D eigenvalue weighted by Gasteiger charge is -2.13. The van der Waals surface area contributed by atoms with Gasteiger partial charge in [0.2, 0.25) is 0 Å². The smallest absolute Gasteiger partial charge is 0.0361 e. The summed E-state index contributed by atoms with van der Waals surface area (Å²) < 4.78 is 0.